The molecule has 0 spiro atoms. The molecule has 6 nitrogen and oxygen atoms in total. The molecule has 0 saturated carbocycles. The number of nitrogens with zero attached hydrogens (tertiary/aromatic N) is 1. The van der Waals surface area contributed by atoms with Gasteiger partial charge in [-0.3, -0.25) is 9.59 Å². The van der Waals surface area contributed by atoms with Gasteiger partial charge in [0.05, 0.1) is 17.5 Å². The van der Waals surface area contributed by atoms with Crippen molar-refractivity contribution in [3.8, 4) is 0 Å². The summed E-state index contributed by atoms with van der Waals surface area (Å²) >= 11 is 1.83. The lowest BCUT2D eigenvalue weighted by Crippen LogP contribution is -2.57. The van der Waals surface area contributed by atoms with Crippen LogP contribution < -0.4 is 16.0 Å². The monoisotopic (exact) mass is 458 g/mol. The molecule has 3 aliphatic rings. The van der Waals surface area contributed by atoms with Crippen LogP contribution in [0.5, 0.6) is 0 Å². The van der Waals surface area contributed by atoms with Crippen molar-refractivity contribution >= 4 is 23.6 Å². The Kier molecular flexibility index (Phi) is 7.18. The summed E-state index contributed by atoms with van der Waals surface area (Å²) in [7, 11) is 1.93. The zero-order valence-corrected chi connectivity index (χ0v) is 20.6. The highest BCUT2D eigenvalue weighted by Gasteiger charge is 2.54. The highest BCUT2D eigenvalue weighted by atomic mass is 32.2. The van der Waals surface area contributed by atoms with Crippen LogP contribution in [0.15, 0.2) is 24.3 Å². The molecule has 0 aromatic heterocycles. The van der Waals surface area contributed by atoms with E-state index >= 15 is 0 Å². The maximum atomic E-state index is 13.7. The van der Waals surface area contributed by atoms with Crippen LogP contribution in [0.2, 0.25) is 0 Å². The molecule has 0 radical (unpaired) electrons. The van der Waals surface area contributed by atoms with Gasteiger partial charge in [-0.2, -0.15) is 0 Å². The minimum Gasteiger partial charge on any atom is -0.347 e. The third-order valence-corrected chi connectivity index (χ3v) is 8.65. The number of thioether (sulfide) groups is 1. The number of carbonyl (C=O) groups excluding carboxylic acids is 2. The molecule has 0 bridgehead atoms. The molecule has 2 aliphatic heterocycles. The number of aryl methyl sites for hydroxylation is 1. The Morgan fingerprint density at radius 3 is 2.81 bits per heavy atom. The number of likely N-dealkylation sites (N-methyl/N-ethyl adjacent to an activating group) is 1. The lowest BCUT2D eigenvalue weighted by atomic mass is 9.83. The Hall–Kier alpha value is -1.57. The quantitative estimate of drug-likeness (QED) is 0.611. The third-order valence-electron chi connectivity index (χ3n) is 7.40. The normalized spacial score (nSPS) is 30.2. The molecule has 1 aliphatic carbocycles. The Morgan fingerprint density at radius 2 is 2.03 bits per heavy atom. The Morgan fingerprint density at radius 1 is 1.25 bits per heavy atom. The molecule has 2 amide bonds. The van der Waals surface area contributed by atoms with Crippen LogP contribution in [0.25, 0.3) is 0 Å². The molecule has 7 heteroatoms. The predicted molar refractivity (Wildman–Crippen MR) is 130 cm³/mol. The summed E-state index contributed by atoms with van der Waals surface area (Å²) in [5, 5.41) is 10.1. The number of benzene rings is 1. The summed E-state index contributed by atoms with van der Waals surface area (Å²) in [6.45, 7) is 7.11. The minimum absolute atomic E-state index is 0.00241. The second-order valence-electron chi connectivity index (χ2n) is 10.3. The van der Waals surface area contributed by atoms with Gasteiger partial charge in [-0.15, -0.1) is 11.8 Å². The SMILES string of the molecule is CN[C@@H](C)CN[C@H]1CCS[C@H]2CC(C)(C)[C@@H](C(=O)N[C@@H]3CCCc4ccccc43)N2C1=O. The molecule has 2 heterocycles. The molecule has 5 atom stereocenters. The molecule has 1 aromatic rings. The fraction of sp³-hybridized carbons (Fsp3) is 0.680. The van der Waals surface area contributed by atoms with Crippen molar-refractivity contribution < 1.29 is 9.59 Å². The number of fused-ring (bicyclic) bond motifs is 2. The Labute approximate surface area is 196 Å². The van der Waals surface area contributed by atoms with Crippen LogP contribution >= 0.6 is 11.8 Å². The van der Waals surface area contributed by atoms with Gasteiger partial charge in [-0.1, -0.05) is 38.1 Å². The van der Waals surface area contributed by atoms with E-state index in [0.29, 0.717) is 0 Å². The summed E-state index contributed by atoms with van der Waals surface area (Å²) in [6, 6.07) is 8.07. The van der Waals surface area contributed by atoms with E-state index in [4.69, 9.17) is 0 Å². The molecule has 32 heavy (non-hydrogen) atoms. The summed E-state index contributed by atoms with van der Waals surface area (Å²) in [5.41, 5.74) is 2.31. The highest BCUT2D eigenvalue weighted by Crippen LogP contribution is 2.46. The predicted octanol–water partition coefficient (Wildman–Crippen LogP) is 2.84. The average molecular weight is 459 g/mol. The minimum atomic E-state index is -0.439. The number of hydrogen-bond acceptors (Lipinski definition) is 5. The molecule has 3 N–H and O–H groups in total. The van der Waals surface area contributed by atoms with Crippen LogP contribution in [0.4, 0.5) is 0 Å². The van der Waals surface area contributed by atoms with E-state index in [-0.39, 0.29) is 40.7 Å². The standard InChI is InChI=1S/C25H38N4O2S/c1-16(26-4)15-27-20-12-13-32-21-14-25(2,3)22(29(21)24(20)31)23(30)28-19-11-7-9-17-8-5-6-10-18(17)19/h5-6,8,10,16,19-22,26-27H,7,9,11-15H2,1-4H3,(H,28,30)/t16-,19+,20-,21-,22+/m0/s1. The lowest BCUT2D eigenvalue weighted by molar-refractivity contribution is -0.142. The van der Waals surface area contributed by atoms with E-state index in [1.165, 1.54) is 11.1 Å². The first-order valence-electron chi connectivity index (χ1n) is 12.0. The number of rotatable bonds is 6. The molecule has 4 rings (SSSR count). The van der Waals surface area contributed by atoms with Crippen LogP contribution in [-0.2, 0) is 16.0 Å². The third kappa shape index (κ3) is 4.70. The van der Waals surface area contributed by atoms with Gasteiger partial charge < -0.3 is 20.9 Å². The van der Waals surface area contributed by atoms with Crippen LogP contribution in [0.1, 0.15) is 63.6 Å². The molecular formula is C25H38N4O2S. The molecular weight excluding hydrogens is 420 g/mol. The summed E-state index contributed by atoms with van der Waals surface area (Å²) in [5.74, 6) is 1.01. The fourth-order valence-electron chi connectivity index (χ4n) is 5.48. The van der Waals surface area contributed by atoms with Gasteiger partial charge in [0.2, 0.25) is 11.8 Å². The van der Waals surface area contributed by atoms with Gasteiger partial charge in [-0.05, 0) is 68.4 Å². The Bertz CT molecular complexity index is 845. The maximum absolute atomic E-state index is 13.7. The molecule has 1 aromatic carbocycles. The van der Waals surface area contributed by atoms with E-state index in [0.717, 1.165) is 44.4 Å². The number of hydrogen-bond donors (Lipinski definition) is 3. The zero-order valence-electron chi connectivity index (χ0n) is 19.8. The van der Waals surface area contributed by atoms with Gasteiger partial charge >= 0.3 is 0 Å². The van der Waals surface area contributed by atoms with Gasteiger partial charge in [-0.25, -0.2) is 0 Å². The van der Waals surface area contributed by atoms with Gasteiger partial charge in [0, 0.05) is 12.6 Å². The smallest absolute Gasteiger partial charge is 0.243 e. The molecule has 0 unspecified atom stereocenters. The first-order valence-corrected chi connectivity index (χ1v) is 13.1. The van der Waals surface area contributed by atoms with Crippen LogP contribution in [-0.4, -0.2) is 59.6 Å². The topological polar surface area (TPSA) is 73.5 Å². The second-order valence-corrected chi connectivity index (χ2v) is 11.5. The van der Waals surface area contributed by atoms with E-state index in [1.807, 2.05) is 23.7 Å². The molecule has 176 valence electrons. The second kappa shape index (κ2) is 9.74. The number of nitrogens with one attached hydrogen (secondary N) is 3. The maximum Gasteiger partial charge on any atom is 0.243 e. The van der Waals surface area contributed by atoms with Crippen molar-refractivity contribution in [1.29, 1.82) is 0 Å². The molecule has 2 fully saturated rings. The number of amides is 2. The first kappa shape index (κ1) is 23.6. The first-order chi connectivity index (χ1) is 15.3. The van der Waals surface area contributed by atoms with Crippen molar-refractivity contribution in [1.82, 2.24) is 20.9 Å². The zero-order chi connectivity index (χ0) is 22.9. The largest absolute Gasteiger partial charge is 0.347 e. The van der Waals surface area contributed by atoms with E-state index in [2.05, 4.69) is 61.0 Å². The number of carbonyl (C=O) groups is 2. The van der Waals surface area contributed by atoms with Gasteiger partial charge in [0.1, 0.15) is 6.04 Å². The van der Waals surface area contributed by atoms with Crippen molar-refractivity contribution in [2.24, 2.45) is 5.41 Å². The highest BCUT2D eigenvalue weighted by molar-refractivity contribution is 7.99. The van der Waals surface area contributed by atoms with Crippen molar-refractivity contribution in [2.45, 2.75) is 82.4 Å². The Balaban J connectivity index is 1.54. The van der Waals surface area contributed by atoms with Crippen LogP contribution in [0.3, 0.4) is 0 Å². The van der Waals surface area contributed by atoms with Crippen molar-refractivity contribution in [3.05, 3.63) is 35.4 Å². The van der Waals surface area contributed by atoms with E-state index in [9.17, 15) is 9.59 Å². The van der Waals surface area contributed by atoms with Crippen LogP contribution in [0, 0.1) is 5.41 Å². The van der Waals surface area contributed by atoms with Gasteiger partial charge in [0.25, 0.3) is 0 Å². The van der Waals surface area contributed by atoms with E-state index < -0.39 is 6.04 Å². The van der Waals surface area contributed by atoms with Gasteiger partial charge in [0.15, 0.2) is 0 Å². The van der Waals surface area contributed by atoms with E-state index in [1.54, 1.807) is 0 Å². The fourth-order valence-corrected chi connectivity index (χ4v) is 7.06. The van der Waals surface area contributed by atoms with Crippen molar-refractivity contribution in [2.75, 3.05) is 19.3 Å². The lowest BCUT2D eigenvalue weighted by Gasteiger charge is -2.36. The molecule has 2 saturated heterocycles. The summed E-state index contributed by atoms with van der Waals surface area (Å²) < 4.78 is 0. The summed E-state index contributed by atoms with van der Waals surface area (Å²) in [6.07, 6.45) is 4.75. The summed E-state index contributed by atoms with van der Waals surface area (Å²) in [4.78, 5) is 29.3. The van der Waals surface area contributed by atoms with Crippen molar-refractivity contribution in [3.63, 3.8) is 0 Å². The average Bonchev–Trinajstić information content (AvgIpc) is 2.96.